The second-order valence-electron chi connectivity index (χ2n) is 4.66. The molecule has 1 aromatic rings. The number of hydrogen-bond acceptors (Lipinski definition) is 4. The molecule has 118 valence electrons. The third kappa shape index (κ3) is 5.93. The summed E-state index contributed by atoms with van der Waals surface area (Å²) in [4.78, 5) is 11.8. The van der Waals surface area contributed by atoms with Crippen LogP contribution in [0.3, 0.4) is 0 Å². The minimum atomic E-state index is -3.85. The topological polar surface area (TPSA) is 72.5 Å². The molecular formula is C14H20ClNO4S. The molecule has 0 bridgehead atoms. The maximum atomic E-state index is 11.9. The molecular weight excluding hydrogens is 314 g/mol. The highest BCUT2D eigenvalue weighted by atomic mass is 35.7. The molecule has 0 spiro atoms. The molecule has 0 fully saturated rings. The Labute approximate surface area is 130 Å². The molecule has 1 N–H and O–H groups in total. The minimum absolute atomic E-state index is 0.0775. The summed E-state index contributed by atoms with van der Waals surface area (Å²) in [6, 6.07) is 4.09. The van der Waals surface area contributed by atoms with E-state index in [4.69, 9.17) is 15.4 Å². The molecule has 1 aromatic carbocycles. The van der Waals surface area contributed by atoms with Gasteiger partial charge in [-0.2, -0.15) is 0 Å². The zero-order valence-corrected chi connectivity index (χ0v) is 13.8. The first kappa shape index (κ1) is 17.8. The highest BCUT2D eigenvalue weighted by Crippen LogP contribution is 2.29. The first-order valence-electron chi connectivity index (χ1n) is 6.81. The van der Waals surface area contributed by atoms with Gasteiger partial charge in [-0.25, -0.2) is 8.42 Å². The van der Waals surface area contributed by atoms with Gasteiger partial charge in [0.2, 0.25) is 5.91 Å². The number of rotatable bonds is 8. The number of anilines is 1. The fraction of sp³-hybridized carbons (Fsp3) is 0.500. The molecule has 0 saturated heterocycles. The number of hydrogen-bond donors (Lipinski definition) is 1. The fourth-order valence-corrected chi connectivity index (χ4v) is 2.64. The number of carbonyl (C=O) groups excluding carboxylic acids is 1. The number of halogens is 1. The summed E-state index contributed by atoms with van der Waals surface area (Å²) < 4.78 is 27.8. The molecule has 5 nitrogen and oxygen atoms in total. The highest BCUT2D eigenvalue weighted by molar-refractivity contribution is 8.13. The maximum Gasteiger partial charge on any atom is 0.261 e. The zero-order chi connectivity index (χ0) is 15.9. The number of nitrogens with one attached hydrogen (secondary N) is 1. The quantitative estimate of drug-likeness (QED) is 0.583. The number of methoxy groups -OCH3 is 1. The number of benzene rings is 1. The fourth-order valence-electron chi connectivity index (χ4n) is 1.86. The molecule has 1 rings (SSSR count). The van der Waals surface area contributed by atoms with E-state index in [1.165, 1.54) is 25.3 Å². The largest absolute Gasteiger partial charge is 0.495 e. The highest BCUT2D eigenvalue weighted by Gasteiger charge is 2.15. The molecule has 0 radical (unpaired) electrons. The van der Waals surface area contributed by atoms with Crippen molar-refractivity contribution in [2.45, 2.75) is 43.9 Å². The Kier molecular flexibility index (Phi) is 6.98. The summed E-state index contributed by atoms with van der Waals surface area (Å²) in [6.07, 6.45) is 4.38. The van der Waals surface area contributed by atoms with Crippen LogP contribution in [0.2, 0.25) is 0 Å². The average Bonchev–Trinajstić information content (AvgIpc) is 2.42. The number of ether oxygens (including phenoxy) is 1. The van der Waals surface area contributed by atoms with Gasteiger partial charge in [-0.3, -0.25) is 4.79 Å². The van der Waals surface area contributed by atoms with Crippen molar-refractivity contribution in [1.82, 2.24) is 0 Å². The van der Waals surface area contributed by atoms with Gasteiger partial charge in [-0.15, -0.1) is 0 Å². The molecule has 0 saturated carbocycles. The van der Waals surface area contributed by atoms with E-state index < -0.39 is 9.05 Å². The third-order valence-corrected chi connectivity index (χ3v) is 4.34. The van der Waals surface area contributed by atoms with Crippen LogP contribution in [0.25, 0.3) is 0 Å². The average molecular weight is 334 g/mol. The van der Waals surface area contributed by atoms with Crippen molar-refractivity contribution in [3.05, 3.63) is 18.2 Å². The first-order valence-corrected chi connectivity index (χ1v) is 9.12. The Hall–Kier alpha value is -1.27. The number of amides is 1. The second kappa shape index (κ2) is 8.24. The van der Waals surface area contributed by atoms with Crippen LogP contribution < -0.4 is 10.1 Å². The van der Waals surface area contributed by atoms with Gasteiger partial charge in [0.25, 0.3) is 9.05 Å². The van der Waals surface area contributed by atoms with Gasteiger partial charge < -0.3 is 10.1 Å². The molecule has 0 aliphatic carbocycles. The van der Waals surface area contributed by atoms with Gasteiger partial charge in [-0.1, -0.05) is 26.2 Å². The van der Waals surface area contributed by atoms with E-state index >= 15 is 0 Å². The zero-order valence-electron chi connectivity index (χ0n) is 12.2. The molecule has 21 heavy (non-hydrogen) atoms. The molecule has 1 amide bonds. The second-order valence-corrected chi connectivity index (χ2v) is 7.22. The van der Waals surface area contributed by atoms with Gasteiger partial charge in [0.15, 0.2) is 0 Å². The first-order chi connectivity index (χ1) is 9.88. The molecule has 0 heterocycles. The van der Waals surface area contributed by atoms with E-state index in [1.807, 2.05) is 0 Å². The summed E-state index contributed by atoms with van der Waals surface area (Å²) in [6.45, 7) is 2.10. The van der Waals surface area contributed by atoms with Gasteiger partial charge in [-0.05, 0) is 24.6 Å². The SMILES string of the molecule is CCCCCCC(=O)Nc1cc(S(=O)(=O)Cl)ccc1OC. The lowest BCUT2D eigenvalue weighted by molar-refractivity contribution is -0.116. The molecule has 0 aliphatic heterocycles. The van der Waals surface area contributed by atoms with Crippen LogP contribution in [0.4, 0.5) is 5.69 Å². The van der Waals surface area contributed by atoms with Crippen LogP contribution in [0, 0.1) is 0 Å². The van der Waals surface area contributed by atoms with Gasteiger partial charge in [0, 0.05) is 17.1 Å². The van der Waals surface area contributed by atoms with Gasteiger partial charge >= 0.3 is 0 Å². The van der Waals surface area contributed by atoms with Crippen LogP contribution in [0.15, 0.2) is 23.1 Å². The van der Waals surface area contributed by atoms with E-state index in [0.29, 0.717) is 17.9 Å². The van der Waals surface area contributed by atoms with Crippen molar-refractivity contribution < 1.29 is 17.9 Å². The van der Waals surface area contributed by atoms with Gasteiger partial charge in [0.05, 0.1) is 17.7 Å². The van der Waals surface area contributed by atoms with E-state index in [9.17, 15) is 13.2 Å². The molecule has 0 unspecified atom stereocenters. The molecule has 0 aliphatic rings. The van der Waals surface area contributed by atoms with Crippen molar-refractivity contribution in [2.75, 3.05) is 12.4 Å². The Morgan fingerprint density at radius 2 is 2.00 bits per heavy atom. The van der Waals surface area contributed by atoms with Crippen LogP contribution in [-0.2, 0) is 13.8 Å². The minimum Gasteiger partial charge on any atom is -0.495 e. The standard InChI is InChI=1S/C14H20ClNO4S/c1-3-4-5-6-7-14(17)16-12-10-11(21(15,18)19)8-9-13(12)20-2/h8-10H,3-7H2,1-2H3,(H,16,17). The van der Waals surface area contributed by atoms with Crippen LogP contribution >= 0.6 is 10.7 Å². The lowest BCUT2D eigenvalue weighted by atomic mass is 10.1. The van der Waals surface area contributed by atoms with Crippen molar-refractivity contribution in [3.63, 3.8) is 0 Å². The Bertz CT molecular complexity index is 587. The summed E-state index contributed by atoms with van der Waals surface area (Å²) in [5, 5.41) is 2.66. The molecule has 0 atom stereocenters. The van der Waals surface area contributed by atoms with Crippen molar-refractivity contribution in [3.8, 4) is 5.75 Å². The summed E-state index contributed by atoms with van der Waals surface area (Å²) in [5.74, 6) is 0.217. The Balaban J connectivity index is 2.78. The Morgan fingerprint density at radius 3 is 2.57 bits per heavy atom. The predicted octanol–water partition coefficient (Wildman–Crippen LogP) is 3.53. The van der Waals surface area contributed by atoms with Crippen molar-refractivity contribution in [2.24, 2.45) is 0 Å². The van der Waals surface area contributed by atoms with Gasteiger partial charge in [0.1, 0.15) is 5.75 Å². The number of carbonyl (C=O) groups is 1. The summed E-state index contributed by atoms with van der Waals surface area (Å²) >= 11 is 0. The Morgan fingerprint density at radius 1 is 1.29 bits per heavy atom. The van der Waals surface area contributed by atoms with E-state index in [2.05, 4.69) is 12.2 Å². The third-order valence-electron chi connectivity index (χ3n) is 2.98. The van der Waals surface area contributed by atoms with E-state index in [-0.39, 0.29) is 10.8 Å². The van der Waals surface area contributed by atoms with E-state index in [1.54, 1.807) is 0 Å². The molecule has 0 aromatic heterocycles. The monoisotopic (exact) mass is 333 g/mol. The normalized spacial score (nSPS) is 11.2. The lowest BCUT2D eigenvalue weighted by Crippen LogP contribution is -2.12. The summed E-state index contributed by atoms with van der Waals surface area (Å²) in [5.41, 5.74) is 0.305. The molecule has 7 heteroatoms. The lowest BCUT2D eigenvalue weighted by Gasteiger charge is -2.11. The van der Waals surface area contributed by atoms with E-state index in [0.717, 1.165) is 25.7 Å². The van der Waals surface area contributed by atoms with Crippen LogP contribution in [0.1, 0.15) is 39.0 Å². The predicted molar refractivity (Wildman–Crippen MR) is 83.4 cm³/mol. The number of unbranched alkanes of at least 4 members (excludes halogenated alkanes) is 3. The van der Waals surface area contributed by atoms with Crippen LogP contribution in [0.5, 0.6) is 5.75 Å². The van der Waals surface area contributed by atoms with Crippen molar-refractivity contribution >= 4 is 31.3 Å². The smallest absolute Gasteiger partial charge is 0.261 e. The van der Waals surface area contributed by atoms with Crippen molar-refractivity contribution in [1.29, 1.82) is 0 Å². The maximum absolute atomic E-state index is 11.9. The summed E-state index contributed by atoms with van der Waals surface area (Å²) in [7, 11) is 2.90. The van der Waals surface area contributed by atoms with Crippen LogP contribution in [-0.4, -0.2) is 21.4 Å².